The number of hydrogen-bond acceptors (Lipinski definition) is 7. The Hall–Kier alpha value is -2.57. The van der Waals surface area contributed by atoms with E-state index in [0.29, 0.717) is 24.1 Å². The predicted molar refractivity (Wildman–Crippen MR) is 98.8 cm³/mol. The number of ether oxygens (including phenoxy) is 1. The van der Waals surface area contributed by atoms with Gasteiger partial charge in [0, 0.05) is 12.7 Å². The van der Waals surface area contributed by atoms with Crippen LogP contribution in [0.25, 0.3) is 0 Å². The molecule has 1 saturated carbocycles. The molecule has 3 rings (SSSR count). The maximum absolute atomic E-state index is 12.0. The summed E-state index contributed by atoms with van der Waals surface area (Å²) in [6.07, 6.45) is 5.25. The van der Waals surface area contributed by atoms with E-state index in [-0.39, 0.29) is 5.97 Å². The number of nitrogens with one attached hydrogen (secondary N) is 1. The average molecular weight is 343 g/mol. The normalized spacial score (nSPS) is 18.8. The second kappa shape index (κ2) is 7.13. The van der Waals surface area contributed by atoms with Gasteiger partial charge < -0.3 is 15.4 Å². The molecule has 0 aromatic heterocycles. The van der Waals surface area contributed by atoms with Gasteiger partial charge in [-0.25, -0.2) is 14.8 Å². The Balaban J connectivity index is 1.86. The van der Waals surface area contributed by atoms with Crippen molar-refractivity contribution >= 4 is 23.6 Å². The van der Waals surface area contributed by atoms with Gasteiger partial charge in [-0.1, -0.05) is 12.5 Å². The van der Waals surface area contributed by atoms with E-state index in [2.05, 4.69) is 10.3 Å². The van der Waals surface area contributed by atoms with Crippen molar-refractivity contribution in [3.05, 3.63) is 29.8 Å². The molecule has 0 radical (unpaired) electrons. The molecule has 1 aromatic carbocycles. The molecule has 0 amide bonds. The lowest BCUT2D eigenvalue weighted by atomic mass is 9.90. The molecule has 1 aliphatic carbocycles. The van der Waals surface area contributed by atoms with E-state index in [9.17, 15) is 4.79 Å². The maximum atomic E-state index is 12.0. The fourth-order valence-electron chi connectivity index (χ4n) is 3.30. The molecule has 1 spiro atoms. The van der Waals surface area contributed by atoms with Crippen molar-refractivity contribution in [2.75, 3.05) is 18.6 Å². The molecule has 0 atom stereocenters. The van der Waals surface area contributed by atoms with Gasteiger partial charge in [0.05, 0.1) is 12.2 Å². The van der Waals surface area contributed by atoms with Crippen molar-refractivity contribution in [3.8, 4) is 0 Å². The molecule has 25 heavy (non-hydrogen) atoms. The number of esters is 1. The lowest BCUT2D eigenvalue weighted by Gasteiger charge is -2.36. The Morgan fingerprint density at radius 2 is 2.08 bits per heavy atom. The molecule has 1 fully saturated rings. The third kappa shape index (κ3) is 3.75. The van der Waals surface area contributed by atoms with Crippen LogP contribution in [0.5, 0.6) is 0 Å². The van der Waals surface area contributed by atoms with Gasteiger partial charge in [-0.3, -0.25) is 5.32 Å². The van der Waals surface area contributed by atoms with Crippen LogP contribution in [0.15, 0.2) is 34.3 Å². The van der Waals surface area contributed by atoms with Crippen LogP contribution in [0, 0.1) is 0 Å². The van der Waals surface area contributed by atoms with Crippen molar-refractivity contribution in [2.24, 2.45) is 15.7 Å². The summed E-state index contributed by atoms with van der Waals surface area (Å²) < 4.78 is 5.07. The standard InChI is InChI=1S/C18H25N5O2/c1-3-25-15(24)13-8-7-9-14(12-13)23(2)17-20-16(19)21-18(22-17)10-5-4-6-11-18/h7-9,12H,3-6,10-11H2,1-2H3,(H3,19,20,21,22). The highest BCUT2D eigenvalue weighted by Gasteiger charge is 2.35. The summed E-state index contributed by atoms with van der Waals surface area (Å²) in [5.74, 6) is 0.705. The summed E-state index contributed by atoms with van der Waals surface area (Å²) in [6, 6.07) is 7.28. The quantitative estimate of drug-likeness (QED) is 0.821. The molecule has 2 aliphatic rings. The first-order chi connectivity index (χ1) is 12.0. The van der Waals surface area contributed by atoms with Crippen molar-refractivity contribution in [3.63, 3.8) is 0 Å². The Morgan fingerprint density at radius 3 is 2.80 bits per heavy atom. The van der Waals surface area contributed by atoms with Gasteiger partial charge in [0.15, 0.2) is 11.6 Å². The molecule has 7 nitrogen and oxygen atoms in total. The van der Waals surface area contributed by atoms with Crippen LogP contribution in [0.1, 0.15) is 49.4 Å². The lowest BCUT2D eigenvalue weighted by molar-refractivity contribution is 0.0526. The molecule has 0 saturated heterocycles. The van der Waals surface area contributed by atoms with Gasteiger partial charge in [-0.2, -0.15) is 0 Å². The fraction of sp³-hybridized carbons (Fsp3) is 0.500. The van der Waals surface area contributed by atoms with Crippen LogP contribution in [0.2, 0.25) is 0 Å². The number of hydrogen-bond donors (Lipinski definition) is 2. The van der Waals surface area contributed by atoms with Crippen LogP contribution < -0.4 is 16.0 Å². The Morgan fingerprint density at radius 1 is 1.32 bits per heavy atom. The van der Waals surface area contributed by atoms with Crippen molar-refractivity contribution in [1.82, 2.24) is 5.32 Å². The molecule has 1 heterocycles. The number of carbonyl (C=O) groups is 1. The highest BCUT2D eigenvalue weighted by Crippen LogP contribution is 2.34. The SMILES string of the molecule is CCOC(=O)c1cccc(N(C)C2=NC3(CCCCC3)N=C(N)N2)c1. The fourth-order valence-corrected chi connectivity index (χ4v) is 3.30. The van der Waals surface area contributed by atoms with Crippen molar-refractivity contribution < 1.29 is 9.53 Å². The summed E-state index contributed by atoms with van der Waals surface area (Å²) >= 11 is 0. The molecule has 7 heteroatoms. The van der Waals surface area contributed by atoms with E-state index in [0.717, 1.165) is 31.4 Å². The molecule has 3 N–H and O–H groups in total. The van der Waals surface area contributed by atoms with Crippen LogP contribution in [0.3, 0.4) is 0 Å². The van der Waals surface area contributed by atoms with E-state index in [1.165, 1.54) is 6.42 Å². The smallest absolute Gasteiger partial charge is 0.338 e. The van der Waals surface area contributed by atoms with Crippen molar-refractivity contribution in [2.45, 2.75) is 44.7 Å². The van der Waals surface area contributed by atoms with Gasteiger partial charge in [0.2, 0.25) is 5.96 Å². The van der Waals surface area contributed by atoms with Gasteiger partial charge >= 0.3 is 5.97 Å². The molecule has 1 aromatic rings. The van der Waals surface area contributed by atoms with Gasteiger partial charge in [-0.15, -0.1) is 0 Å². The Labute approximate surface area is 148 Å². The van der Waals surface area contributed by atoms with E-state index >= 15 is 0 Å². The summed E-state index contributed by atoms with van der Waals surface area (Å²) in [7, 11) is 1.89. The number of nitrogens with two attached hydrogens (primary N) is 1. The third-order valence-corrected chi connectivity index (χ3v) is 4.60. The second-order valence-corrected chi connectivity index (χ2v) is 6.43. The summed E-state index contributed by atoms with van der Waals surface area (Å²) in [6.45, 7) is 2.14. The largest absolute Gasteiger partial charge is 0.462 e. The highest BCUT2D eigenvalue weighted by molar-refractivity contribution is 6.07. The van der Waals surface area contributed by atoms with Gasteiger partial charge in [0.25, 0.3) is 0 Å². The summed E-state index contributed by atoms with van der Waals surface area (Å²) in [5.41, 5.74) is 6.91. The number of nitrogens with zero attached hydrogens (tertiary/aromatic N) is 3. The number of carbonyl (C=O) groups excluding carboxylic acids is 1. The third-order valence-electron chi connectivity index (χ3n) is 4.60. The molecule has 134 valence electrons. The minimum absolute atomic E-state index is 0.332. The monoisotopic (exact) mass is 343 g/mol. The van der Waals surface area contributed by atoms with E-state index in [1.807, 2.05) is 24.1 Å². The number of rotatable bonds is 3. The van der Waals surface area contributed by atoms with Gasteiger partial charge in [0.1, 0.15) is 0 Å². The predicted octanol–water partition coefficient (Wildman–Crippen LogP) is 2.23. The minimum atomic E-state index is -0.448. The first kappa shape index (κ1) is 17.3. The number of guanidine groups is 2. The van der Waals surface area contributed by atoms with Crippen LogP contribution in [-0.2, 0) is 4.74 Å². The van der Waals surface area contributed by atoms with Gasteiger partial charge in [-0.05, 0) is 50.8 Å². The van der Waals surface area contributed by atoms with E-state index in [4.69, 9.17) is 15.5 Å². The molecule has 0 bridgehead atoms. The van der Waals surface area contributed by atoms with E-state index < -0.39 is 5.66 Å². The van der Waals surface area contributed by atoms with Crippen LogP contribution in [-0.4, -0.2) is 37.2 Å². The summed E-state index contributed by atoms with van der Waals surface area (Å²) in [5, 5.41) is 3.05. The Kier molecular flexibility index (Phi) is 4.92. The van der Waals surface area contributed by atoms with Crippen molar-refractivity contribution in [1.29, 1.82) is 0 Å². The highest BCUT2D eigenvalue weighted by atomic mass is 16.5. The first-order valence-electron chi connectivity index (χ1n) is 8.76. The maximum Gasteiger partial charge on any atom is 0.338 e. The topological polar surface area (TPSA) is 92.3 Å². The zero-order valence-electron chi connectivity index (χ0n) is 14.8. The summed E-state index contributed by atoms with van der Waals surface area (Å²) in [4.78, 5) is 23.3. The average Bonchev–Trinajstić information content (AvgIpc) is 2.61. The zero-order chi connectivity index (χ0) is 17.9. The molecular formula is C18H25N5O2. The first-order valence-corrected chi connectivity index (χ1v) is 8.76. The van der Waals surface area contributed by atoms with E-state index in [1.54, 1.807) is 19.1 Å². The number of benzene rings is 1. The van der Waals surface area contributed by atoms with Crippen LogP contribution >= 0.6 is 0 Å². The second-order valence-electron chi connectivity index (χ2n) is 6.43. The minimum Gasteiger partial charge on any atom is -0.462 e. The molecule has 1 aliphatic heterocycles. The molecular weight excluding hydrogens is 318 g/mol. The Bertz CT molecular complexity index is 707. The number of aliphatic imine (C=N–C) groups is 2. The zero-order valence-corrected chi connectivity index (χ0v) is 14.8. The number of anilines is 1. The lowest BCUT2D eigenvalue weighted by Crippen LogP contribution is -2.52. The molecule has 0 unspecified atom stereocenters. The van der Waals surface area contributed by atoms with Crippen LogP contribution in [0.4, 0.5) is 5.69 Å².